The molecular weight excluding hydrogens is 133 g/mol. The monoisotopic (exact) mass is 143 g/mol. The van der Waals surface area contributed by atoms with Crippen LogP contribution in [0.25, 0.3) is 0 Å². The highest BCUT2D eigenvalue weighted by molar-refractivity contribution is 6.33. The van der Waals surface area contributed by atoms with E-state index in [1.54, 1.807) is 0 Å². The van der Waals surface area contributed by atoms with Crippen molar-refractivity contribution in [1.29, 1.82) is 0 Å². The number of nitrogens with one attached hydrogen (secondary N) is 1. The van der Waals surface area contributed by atoms with E-state index in [2.05, 4.69) is 11.4 Å². The summed E-state index contributed by atoms with van der Waals surface area (Å²) in [6, 6.07) is 6.13. The van der Waals surface area contributed by atoms with Gasteiger partial charge in [0.25, 0.3) is 0 Å². The molecule has 1 N–H and O–H groups in total. The van der Waals surface area contributed by atoms with E-state index in [0.717, 1.165) is 25.0 Å². The summed E-state index contributed by atoms with van der Waals surface area (Å²) >= 11 is 0. The third-order valence-corrected chi connectivity index (χ3v) is 2.18. The third kappa shape index (κ3) is 1.18. The zero-order valence-corrected chi connectivity index (χ0v) is 6.43. The molecule has 0 aromatic heterocycles. The van der Waals surface area contributed by atoms with Crippen LogP contribution in [0.3, 0.4) is 0 Å². The van der Waals surface area contributed by atoms with E-state index in [0.29, 0.717) is 0 Å². The van der Waals surface area contributed by atoms with Gasteiger partial charge in [-0.1, -0.05) is 23.7 Å². The standard InChI is InChI=1S/C9H10BN/c10-9-3-1-2-7-6-11-5-4-8(7)9/h1-3,11H,4-6H2. The molecule has 1 nitrogen and oxygen atoms in total. The molecule has 1 aliphatic heterocycles. The summed E-state index contributed by atoms with van der Waals surface area (Å²) < 4.78 is 0. The first-order valence-corrected chi connectivity index (χ1v) is 3.95. The summed E-state index contributed by atoms with van der Waals surface area (Å²) in [5, 5.41) is 3.31. The fourth-order valence-electron chi connectivity index (χ4n) is 1.56. The Morgan fingerprint density at radius 3 is 3.09 bits per heavy atom. The largest absolute Gasteiger partial charge is 0.312 e. The molecule has 0 amide bonds. The lowest BCUT2D eigenvalue weighted by molar-refractivity contribution is 0.646. The summed E-state index contributed by atoms with van der Waals surface area (Å²) in [5.41, 5.74) is 3.64. The molecule has 2 rings (SSSR count). The van der Waals surface area contributed by atoms with Gasteiger partial charge in [-0.05, 0) is 24.1 Å². The van der Waals surface area contributed by atoms with Crippen LogP contribution in [0.2, 0.25) is 0 Å². The van der Waals surface area contributed by atoms with Gasteiger partial charge in [0.2, 0.25) is 0 Å². The van der Waals surface area contributed by atoms with Crippen molar-refractivity contribution in [2.45, 2.75) is 13.0 Å². The van der Waals surface area contributed by atoms with Gasteiger partial charge in [-0.25, -0.2) is 0 Å². The van der Waals surface area contributed by atoms with Gasteiger partial charge >= 0.3 is 0 Å². The second kappa shape index (κ2) is 2.70. The number of hydrogen-bond acceptors (Lipinski definition) is 1. The van der Waals surface area contributed by atoms with Crippen LogP contribution in [0.15, 0.2) is 18.2 Å². The quantitative estimate of drug-likeness (QED) is 0.509. The normalized spacial score (nSPS) is 16.0. The summed E-state index contributed by atoms with van der Waals surface area (Å²) in [6.45, 7) is 2.03. The Bertz CT molecular complexity index is 270. The molecule has 0 bridgehead atoms. The topological polar surface area (TPSA) is 12.0 Å². The van der Waals surface area contributed by atoms with Crippen molar-refractivity contribution in [3.63, 3.8) is 0 Å². The molecule has 1 heterocycles. The van der Waals surface area contributed by atoms with E-state index in [1.165, 1.54) is 11.1 Å². The van der Waals surface area contributed by atoms with Crippen molar-refractivity contribution < 1.29 is 0 Å². The average molecular weight is 143 g/mol. The first-order chi connectivity index (χ1) is 5.38. The number of rotatable bonds is 0. The van der Waals surface area contributed by atoms with E-state index >= 15 is 0 Å². The lowest BCUT2D eigenvalue weighted by Gasteiger charge is -2.18. The first-order valence-electron chi connectivity index (χ1n) is 3.95. The highest BCUT2D eigenvalue weighted by Crippen LogP contribution is 2.09. The Morgan fingerprint density at radius 2 is 2.27 bits per heavy atom. The molecular formula is C9H10BN. The maximum Gasteiger partial charge on any atom is 0.114 e. The molecule has 2 heteroatoms. The van der Waals surface area contributed by atoms with E-state index in [1.807, 2.05) is 12.1 Å². The molecule has 0 spiro atoms. The van der Waals surface area contributed by atoms with Crippen molar-refractivity contribution in [2.24, 2.45) is 0 Å². The molecule has 0 saturated heterocycles. The predicted molar refractivity (Wildman–Crippen MR) is 47.2 cm³/mol. The Morgan fingerprint density at radius 1 is 1.36 bits per heavy atom. The Balaban J connectivity index is 2.49. The van der Waals surface area contributed by atoms with Crippen molar-refractivity contribution in [3.05, 3.63) is 29.3 Å². The van der Waals surface area contributed by atoms with Crippen LogP contribution in [0.4, 0.5) is 0 Å². The molecule has 54 valence electrons. The highest BCUT2D eigenvalue weighted by atomic mass is 14.9. The molecule has 1 aliphatic rings. The van der Waals surface area contributed by atoms with Gasteiger partial charge in [0.05, 0.1) is 0 Å². The van der Waals surface area contributed by atoms with Crippen LogP contribution in [0.5, 0.6) is 0 Å². The average Bonchev–Trinajstić information content (AvgIpc) is 2.06. The van der Waals surface area contributed by atoms with Gasteiger partial charge < -0.3 is 5.32 Å². The van der Waals surface area contributed by atoms with Gasteiger partial charge in [-0.15, -0.1) is 0 Å². The van der Waals surface area contributed by atoms with E-state index in [-0.39, 0.29) is 0 Å². The van der Waals surface area contributed by atoms with Gasteiger partial charge in [0, 0.05) is 6.54 Å². The molecule has 0 saturated carbocycles. The minimum atomic E-state index is 0.948. The molecule has 1 aromatic rings. The number of benzene rings is 1. The minimum Gasteiger partial charge on any atom is -0.312 e. The van der Waals surface area contributed by atoms with Crippen LogP contribution < -0.4 is 10.8 Å². The molecule has 0 unspecified atom stereocenters. The molecule has 0 atom stereocenters. The van der Waals surface area contributed by atoms with Crippen molar-refractivity contribution in [1.82, 2.24) is 5.32 Å². The van der Waals surface area contributed by atoms with Crippen LogP contribution in [0.1, 0.15) is 11.1 Å². The van der Waals surface area contributed by atoms with Gasteiger partial charge in [-0.3, -0.25) is 0 Å². The predicted octanol–water partition coefficient (Wildman–Crippen LogP) is 0.126. The van der Waals surface area contributed by atoms with E-state index in [9.17, 15) is 0 Å². The van der Waals surface area contributed by atoms with Crippen LogP contribution >= 0.6 is 0 Å². The maximum atomic E-state index is 5.81. The van der Waals surface area contributed by atoms with E-state index < -0.39 is 0 Å². The summed E-state index contributed by atoms with van der Waals surface area (Å²) in [7, 11) is 5.81. The Kier molecular flexibility index (Phi) is 1.70. The second-order valence-electron chi connectivity index (χ2n) is 2.91. The van der Waals surface area contributed by atoms with Crippen molar-refractivity contribution >= 4 is 13.3 Å². The van der Waals surface area contributed by atoms with E-state index in [4.69, 9.17) is 7.85 Å². The zero-order chi connectivity index (χ0) is 7.68. The maximum absolute atomic E-state index is 5.81. The SMILES string of the molecule is [B]c1cccc2c1CCNC2. The van der Waals surface area contributed by atoms with Gasteiger partial charge in [-0.2, -0.15) is 0 Å². The lowest BCUT2D eigenvalue weighted by Crippen LogP contribution is -2.28. The van der Waals surface area contributed by atoms with Gasteiger partial charge in [0.15, 0.2) is 0 Å². The molecule has 2 radical (unpaired) electrons. The minimum absolute atomic E-state index is 0.948. The fraction of sp³-hybridized carbons (Fsp3) is 0.333. The summed E-state index contributed by atoms with van der Waals surface area (Å²) in [6.07, 6.45) is 1.07. The Hall–Kier alpha value is -0.755. The summed E-state index contributed by atoms with van der Waals surface area (Å²) in [5.74, 6) is 0. The molecule has 0 fully saturated rings. The first kappa shape index (κ1) is 6.92. The highest BCUT2D eigenvalue weighted by Gasteiger charge is 2.08. The zero-order valence-electron chi connectivity index (χ0n) is 6.43. The third-order valence-electron chi connectivity index (χ3n) is 2.18. The fourth-order valence-corrected chi connectivity index (χ4v) is 1.56. The smallest absolute Gasteiger partial charge is 0.114 e. The Labute approximate surface area is 68.2 Å². The van der Waals surface area contributed by atoms with Crippen LogP contribution in [-0.4, -0.2) is 14.4 Å². The van der Waals surface area contributed by atoms with Crippen molar-refractivity contribution in [2.75, 3.05) is 6.54 Å². The number of fused-ring (bicyclic) bond motifs is 1. The molecule has 1 aromatic carbocycles. The number of hydrogen-bond donors (Lipinski definition) is 1. The second-order valence-corrected chi connectivity index (χ2v) is 2.91. The van der Waals surface area contributed by atoms with Crippen molar-refractivity contribution in [3.8, 4) is 0 Å². The van der Waals surface area contributed by atoms with Gasteiger partial charge in [0.1, 0.15) is 7.85 Å². The van der Waals surface area contributed by atoms with Crippen LogP contribution in [0, 0.1) is 0 Å². The molecule has 0 aliphatic carbocycles. The molecule has 11 heavy (non-hydrogen) atoms. The summed E-state index contributed by atoms with van der Waals surface area (Å²) in [4.78, 5) is 0. The van der Waals surface area contributed by atoms with Crippen LogP contribution in [-0.2, 0) is 13.0 Å². The lowest BCUT2D eigenvalue weighted by atomic mass is 9.85.